The summed E-state index contributed by atoms with van der Waals surface area (Å²) in [6.07, 6.45) is 0. The zero-order valence-electron chi connectivity index (χ0n) is 2.68. The minimum atomic E-state index is 0.0231. The molecule has 2 unspecified atom stereocenters. The SMILES string of the molecule is N#CC(P)P. The largest absolute Gasteiger partial charge is 0.197 e. The molecule has 0 aliphatic carbocycles. The third-order valence-corrected chi connectivity index (χ3v) is 0.447. The molecule has 0 amide bonds. The van der Waals surface area contributed by atoms with Gasteiger partial charge in [0.1, 0.15) is 0 Å². The quantitative estimate of drug-likeness (QED) is 0.413. The minimum Gasteiger partial charge on any atom is -0.197 e. The van der Waals surface area contributed by atoms with Crippen LogP contribution in [0.1, 0.15) is 0 Å². The normalized spacial score (nSPS) is 7.60. The second kappa shape index (κ2) is 2.58. The Balaban J connectivity index is 2.94. The van der Waals surface area contributed by atoms with Crippen molar-refractivity contribution >= 4 is 18.5 Å². The Bertz CT molecular complexity index is 53.2. The molecule has 0 aromatic carbocycles. The Morgan fingerprint density at radius 2 is 1.80 bits per heavy atom. The first kappa shape index (κ1) is 5.35. The lowest BCUT2D eigenvalue weighted by molar-refractivity contribution is 1.47. The second-order valence-corrected chi connectivity index (χ2v) is 2.86. The smallest absolute Gasteiger partial charge is 0.0740 e. The Morgan fingerprint density at radius 1 is 1.60 bits per heavy atom. The van der Waals surface area contributed by atoms with Crippen LogP contribution < -0.4 is 0 Å². The predicted octanol–water partition coefficient (Wildman–Crippen LogP) is 0.586. The molecular formula is C2H5NP2. The van der Waals surface area contributed by atoms with Crippen LogP contribution in [0.5, 0.6) is 0 Å². The van der Waals surface area contributed by atoms with Gasteiger partial charge in [0.15, 0.2) is 0 Å². The van der Waals surface area contributed by atoms with Crippen molar-refractivity contribution in [1.29, 1.82) is 5.26 Å². The van der Waals surface area contributed by atoms with E-state index in [0.717, 1.165) is 0 Å². The molecular weight excluding hydrogens is 100.0 g/mol. The number of hydrogen-bond donors (Lipinski definition) is 0. The lowest BCUT2D eigenvalue weighted by Gasteiger charge is -1.76. The number of nitrogens with zero attached hydrogens (tertiary/aromatic N) is 1. The van der Waals surface area contributed by atoms with Crippen molar-refractivity contribution in [3.05, 3.63) is 0 Å². The molecule has 0 saturated heterocycles. The highest BCUT2D eigenvalue weighted by atomic mass is 31.1. The van der Waals surface area contributed by atoms with E-state index < -0.39 is 0 Å². The molecule has 2 atom stereocenters. The molecule has 3 heteroatoms. The van der Waals surface area contributed by atoms with Gasteiger partial charge in [-0.25, -0.2) is 0 Å². The van der Waals surface area contributed by atoms with Crippen molar-refractivity contribution < 1.29 is 0 Å². The van der Waals surface area contributed by atoms with Gasteiger partial charge in [0, 0.05) is 0 Å². The van der Waals surface area contributed by atoms with E-state index in [0.29, 0.717) is 0 Å². The second-order valence-electron chi connectivity index (χ2n) is 0.655. The fraction of sp³-hybridized carbons (Fsp3) is 0.500. The summed E-state index contributed by atoms with van der Waals surface area (Å²) < 4.78 is 0. The highest BCUT2D eigenvalue weighted by molar-refractivity contribution is 7.38. The molecule has 0 aromatic rings. The Hall–Kier alpha value is 0.350. The van der Waals surface area contributed by atoms with E-state index in [2.05, 4.69) is 18.5 Å². The highest BCUT2D eigenvalue weighted by Crippen LogP contribution is 2.04. The van der Waals surface area contributed by atoms with Crippen molar-refractivity contribution in [2.75, 3.05) is 0 Å². The standard InChI is InChI=1S/C2H5NP2/c3-1-2(4)5/h2H,4-5H2. The molecule has 0 fully saturated rings. The van der Waals surface area contributed by atoms with Crippen molar-refractivity contribution in [3.8, 4) is 6.07 Å². The highest BCUT2D eigenvalue weighted by Gasteiger charge is 1.78. The van der Waals surface area contributed by atoms with Crippen molar-refractivity contribution in [3.63, 3.8) is 0 Å². The molecule has 0 saturated carbocycles. The van der Waals surface area contributed by atoms with Gasteiger partial charge in [0.25, 0.3) is 0 Å². The van der Waals surface area contributed by atoms with Gasteiger partial charge >= 0.3 is 0 Å². The van der Waals surface area contributed by atoms with Crippen LogP contribution in [0, 0.1) is 11.3 Å². The molecule has 0 aliphatic rings. The van der Waals surface area contributed by atoms with Crippen LogP contribution in [0.25, 0.3) is 0 Å². The number of hydrogen-bond acceptors (Lipinski definition) is 1. The van der Waals surface area contributed by atoms with Crippen LogP contribution in [0.4, 0.5) is 0 Å². The topological polar surface area (TPSA) is 23.8 Å². The third-order valence-electron chi connectivity index (χ3n) is 0.149. The molecule has 0 aliphatic heterocycles. The maximum Gasteiger partial charge on any atom is 0.0740 e. The maximum atomic E-state index is 7.85. The average molecular weight is 105 g/mol. The van der Waals surface area contributed by atoms with E-state index in [1.807, 2.05) is 6.07 Å². The van der Waals surface area contributed by atoms with E-state index in [1.54, 1.807) is 0 Å². The van der Waals surface area contributed by atoms with E-state index >= 15 is 0 Å². The monoisotopic (exact) mass is 105 g/mol. The molecule has 0 spiro atoms. The fourth-order valence-electron chi connectivity index (χ4n) is 0. The van der Waals surface area contributed by atoms with Crippen LogP contribution in [0.3, 0.4) is 0 Å². The van der Waals surface area contributed by atoms with Crippen molar-refractivity contribution in [2.45, 2.75) is 5.40 Å². The van der Waals surface area contributed by atoms with E-state index in [4.69, 9.17) is 5.26 Å². The molecule has 0 aromatic heterocycles. The van der Waals surface area contributed by atoms with E-state index in [9.17, 15) is 0 Å². The third kappa shape index (κ3) is 4.35. The van der Waals surface area contributed by atoms with Crippen molar-refractivity contribution in [2.24, 2.45) is 0 Å². The Labute approximate surface area is 36.2 Å². The predicted molar refractivity (Wildman–Crippen MR) is 28.8 cm³/mol. The van der Waals surface area contributed by atoms with Crippen LogP contribution in [-0.2, 0) is 0 Å². The van der Waals surface area contributed by atoms with Gasteiger partial charge in [-0.2, -0.15) is 5.26 Å². The summed E-state index contributed by atoms with van der Waals surface area (Å²) in [4.78, 5) is 0. The summed E-state index contributed by atoms with van der Waals surface area (Å²) >= 11 is 0. The summed E-state index contributed by atoms with van der Waals surface area (Å²) in [5.41, 5.74) is 0. The van der Waals surface area contributed by atoms with Crippen LogP contribution >= 0.6 is 18.5 Å². The summed E-state index contributed by atoms with van der Waals surface area (Å²) in [6, 6.07) is 1.95. The zero-order valence-corrected chi connectivity index (χ0v) is 4.99. The lowest BCUT2D eigenvalue weighted by Crippen LogP contribution is -1.67. The van der Waals surface area contributed by atoms with Gasteiger partial charge in [0.05, 0.1) is 11.5 Å². The molecule has 0 heterocycles. The zero-order chi connectivity index (χ0) is 4.28. The van der Waals surface area contributed by atoms with Gasteiger partial charge in [0.2, 0.25) is 0 Å². The molecule has 28 valence electrons. The van der Waals surface area contributed by atoms with Crippen LogP contribution in [-0.4, -0.2) is 5.40 Å². The molecule has 0 rings (SSSR count). The Kier molecular flexibility index (Phi) is 2.76. The maximum absolute atomic E-state index is 7.85. The number of nitriles is 1. The molecule has 0 N–H and O–H groups in total. The van der Waals surface area contributed by atoms with Crippen LogP contribution in [0.2, 0.25) is 0 Å². The van der Waals surface area contributed by atoms with Crippen molar-refractivity contribution in [1.82, 2.24) is 0 Å². The molecule has 1 nitrogen and oxygen atoms in total. The van der Waals surface area contributed by atoms with Gasteiger partial charge in [-0.15, -0.1) is 18.5 Å². The first-order valence-corrected chi connectivity index (χ1v) is 2.51. The first-order chi connectivity index (χ1) is 2.27. The minimum absolute atomic E-state index is 0.0231. The van der Waals surface area contributed by atoms with Gasteiger partial charge < -0.3 is 0 Å². The number of rotatable bonds is 0. The summed E-state index contributed by atoms with van der Waals surface area (Å²) in [7, 11) is 4.67. The fourth-order valence-corrected chi connectivity index (χ4v) is 0. The Morgan fingerprint density at radius 3 is 1.80 bits per heavy atom. The van der Waals surface area contributed by atoms with Gasteiger partial charge in [-0.3, -0.25) is 0 Å². The summed E-state index contributed by atoms with van der Waals surface area (Å²) in [5, 5.41) is 7.88. The van der Waals surface area contributed by atoms with E-state index in [1.165, 1.54) is 0 Å². The summed E-state index contributed by atoms with van der Waals surface area (Å²) in [5.74, 6) is 0. The molecule has 0 bridgehead atoms. The lowest BCUT2D eigenvalue weighted by atomic mass is 10.9. The van der Waals surface area contributed by atoms with E-state index in [-0.39, 0.29) is 5.40 Å². The molecule has 0 radical (unpaired) electrons. The van der Waals surface area contributed by atoms with Gasteiger partial charge in [-0.1, -0.05) is 0 Å². The van der Waals surface area contributed by atoms with Gasteiger partial charge in [-0.05, 0) is 0 Å². The average Bonchev–Trinajstić information content (AvgIpc) is 1.38. The molecule has 5 heavy (non-hydrogen) atoms. The van der Waals surface area contributed by atoms with Crippen LogP contribution in [0.15, 0.2) is 0 Å². The first-order valence-electron chi connectivity index (χ1n) is 1.18. The summed E-state index contributed by atoms with van der Waals surface area (Å²) in [6.45, 7) is 0.